The molecule has 2 aliphatic rings. The molecule has 3 aromatic rings. The number of carbonyl (C=O) groups is 1. The Kier molecular flexibility index (Phi) is 5.06. The fourth-order valence-corrected chi connectivity index (χ4v) is 5.77. The van der Waals surface area contributed by atoms with E-state index in [1.54, 1.807) is 6.08 Å². The van der Waals surface area contributed by atoms with Gasteiger partial charge in [-0.15, -0.1) is 0 Å². The lowest BCUT2D eigenvalue weighted by Crippen LogP contribution is -2.45. The van der Waals surface area contributed by atoms with Crippen molar-refractivity contribution < 1.29 is 13.2 Å². The summed E-state index contributed by atoms with van der Waals surface area (Å²) in [5.41, 5.74) is 4.06. The normalized spacial score (nSPS) is 17.5. The number of rotatable bonds is 3. The van der Waals surface area contributed by atoms with Gasteiger partial charge in [-0.2, -0.15) is 9.39 Å². The first-order valence-corrected chi connectivity index (χ1v) is 12.7. The molecule has 0 radical (unpaired) electrons. The van der Waals surface area contributed by atoms with Gasteiger partial charge < -0.3 is 4.57 Å². The van der Waals surface area contributed by atoms with Gasteiger partial charge >= 0.3 is 0 Å². The van der Waals surface area contributed by atoms with Gasteiger partial charge in [-0.05, 0) is 24.6 Å². The Morgan fingerprint density at radius 2 is 1.94 bits per heavy atom. The number of sulfone groups is 1. The van der Waals surface area contributed by atoms with E-state index in [4.69, 9.17) is 5.41 Å². The van der Waals surface area contributed by atoms with Gasteiger partial charge in [0.2, 0.25) is 20.2 Å². The molecule has 2 aromatic carbocycles. The van der Waals surface area contributed by atoms with Crippen LogP contribution in [0, 0.1) is 12.3 Å². The van der Waals surface area contributed by atoms with Crippen molar-refractivity contribution in [3.05, 3.63) is 77.0 Å². The van der Waals surface area contributed by atoms with E-state index in [2.05, 4.69) is 26.1 Å². The molecule has 1 N–H and O–H groups in total. The smallest absolute Gasteiger partial charge is 0.283 e. The molecule has 33 heavy (non-hydrogen) atoms. The number of para-hydroxylation sites is 1. The molecule has 3 heterocycles. The first-order chi connectivity index (χ1) is 15.7. The number of fused-ring (bicyclic) bond motifs is 2. The van der Waals surface area contributed by atoms with Gasteiger partial charge in [0.1, 0.15) is 5.84 Å². The first-order valence-electron chi connectivity index (χ1n) is 10.0. The van der Waals surface area contributed by atoms with Crippen molar-refractivity contribution in [2.75, 3.05) is 6.26 Å². The zero-order valence-corrected chi connectivity index (χ0v) is 19.4. The highest BCUT2D eigenvalue weighted by molar-refractivity contribution is 8.16. The molecule has 0 saturated carbocycles. The number of carbonyl (C=O) groups excluding carboxylic acids is 1. The Labute approximate surface area is 194 Å². The van der Waals surface area contributed by atoms with Gasteiger partial charge in [0.15, 0.2) is 0 Å². The summed E-state index contributed by atoms with van der Waals surface area (Å²) in [6.07, 6.45) is 4.55. The Bertz CT molecular complexity index is 1550. The minimum absolute atomic E-state index is 0.0102. The number of hydrogen-bond donors (Lipinski definition) is 1. The molecule has 0 saturated heterocycles. The lowest BCUT2D eigenvalue weighted by Gasteiger charge is -2.23. The fourth-order valence-electron chi connectivity index (χ4n) is 3.92. The van der Waals surface area contributed by atoms with Crippen LogP contribution in [0.25, 0.3) is 17.0 Å². The van der Waals surface area contributed by atoms with Gasteiger partial charge in [-0.3, -0.25) is 10.2 Å². The molecular formula is C23H19N5O3S2. The van der Waals surface area contributed by atoms with Gasteiger partial charge in [0.05, 0.1) is 17.5 Å². The number of nitrogens with zero attached hydrogens (tertiary/aromatic N) is 4. The second kappa shape index (κ2) is 7.82. The van der Waals surface area contributed by atoms with E-state index < -0.39 is 15.7 Å². The van der Waals surface area contributed by atoms with Crippen molar-refractivity contribution in [1.29, 1.82) is 5.41 Å². The Morgan fingerprint density at radius 3 is 2.70 bits per heavy atom. The van der Waals surface area contributed by atoms with Gasteiger partial charge in [0, 0.05) is 35.5 Å². The maximum absolute atomic E-state index is 12.7. The van der Waals surface area contributed by atoms with Gasteiger partial charge in [-0.25, -0.2) is 13.3 Å². The van der Waals surface area contributed by atoms with Crippen LogP contribution in [0.4, 0.5) is 0 Å². The molecule has 8 nitrogen and oxygen atoms in total. The Hall–Kier alpha value is -3.50. The lowest BCUT2D eigenvalue weighted by molar-refractivity contribution is -0.114. The van der Waals surface area contributed by atoms with Crippen LogP contribution in [0.2, 0.25) is 0 Å². The SMILES string of the molecule is Cc1cccc(Cn2cc(/C=C3/C(=N)N4C(=NC3=O)SN=C4S(C)(=O)=O)c3ccccc32)c1. The Balaban J connectivity index is 1.59. The van der Waals surface area contributed by atoms with E-state index in [1.807, 2.05) is 49.5 Å². The summed E-state index contributed by atoms with van der Waals surface area (Å²) >= 11 is 0.778. The number of aryl methyl sites for hydroxylation is 1. The highest BCUT2D eigenvalue weighted by atomic mass is 32.2. The number of hydrogen-bond acceptors (Lipinski definition) is 6. The average Bonchev–Trinajstić information content (AvgIpc) is 3.33. The third-order valence-electron chi connectivity index (χ3n) is 5.38. The quantitative estimate of drug-likeness (QED) is 0.458. The highest BCUT2D eigenvalue weighted by Gasteiger charge is 2.41. The topological polar surface area (TPSA) is 108 Å². The van der Waals surface area contributed by atoms with Crippen molar-refractivity contribution in [2.45, 2.75) is 13.5 Å². The molecule has 0 atom stereocenters. The molecule has 0 aliphatic carbocycles. The van der Waals surface area contributed by atoms with Crippen LogP contribution < -0.4 is 0 Å². The monoisotopic (exact) mass is 477 g/mol. The maximum atomic E-state index is 12.7. The van der Waals surface area contributed by atoms with Crippen molar-refractivity contribution in [1.82, 2.24) is 9.47 Å². The number of amidine groups is 3. The van der Waals surface area contributed by atoms with Gasteiger partial charge in [0.25, 0.3) is 5.91 Å². The molecule has 10 heteroatoms. The van der Waals surface area contributed by atoms with E-state index in [9.17, 15) is 13.2 Å². The van der Waals surface area contributed by atoms with Crippen LogP contribution in [-0.2, 0) is 21.2 Å². The minimum Gasteiger partial charge on any atom is -0.342 e. The lowest BCUT2D eigenvalue weighted by atomic mass is 10.1. The van der Waals surface area contributed by atoms with Crippen molar-refractivity contribution >= 4 is 60.8 Å². The van der Waals surface area contributed by atoms with Crippen molar-refractivity contribution in [3.63, 3.8) is 0 Å². The minimum atomic E-state index is -3.70. The number of amides is 1. The third-order valence-corrected chi connectivity index (χ3v) is 7.13. The second-order valence-electron chi connectivity index (χ2n) is 7.90. The van der Waals surface area contributed by atoms with E-state index in [-0.39, 0.29) is 21.7 Å². The first kappa shape index (κ1) is 21.4. The molecule has 1 amide bonds. The number of benzene rings is 2. The van der Waals surface area contributed by atoms with Crippen LogP contribution in [0.15, 0.2) is 69.7 Å². The predicted molar refractivity (Wildman–Crippen MR) is 132 cm³/mol. The van der Waals surface area contributed by atoms with Crippen molar-refractivity contribution in [3.8, 4) is 0 Å². The van der Waals surface area contributed by atoms with Crippen LogP contribution in [-0.4, -0.2) is 46.2 Å². The third kappa shape index (κ3) is 3.81. The fraction of sp³-hybridized carbons (Fsp3) is 0.130. The number of nitrogens with one attached hydrogen (secondary N) is 1. The van der Waals surface area contributed by atoms with Gasteiger partial charge in [-0.1, -0.05) is 48.0 Å². The zero-order valence-electron chi connectivity index (χ0n) is 17.8. The zero-order chi connectivity index (χ0) is 23.3. The average molecular weight is 478 g/mol. The van der Waals surface area contributed by atoms with E-state index in [1.165, 1.54) is 5.56 Å². The van der Waals surface area contributed by atoms with E-state index in [0.717, 1.165) is 45.1 Å². The van der Waals surface area contributed by atoms with Crippen LogP contribution in [0.5, 0.6) is 0 Å². The van der Waals surface area contributed by atoms with E-state index in [0.29, 0.717) is 6.54 Å². The maximum Gasteiger partial charge on any atom is 0.283 e. The molecule has 0 fully saturated rings. The molecule has 166 valence electrons. The van der Waals surface area contributed by atoms with Crippen LogP contribution >= 0.6 is 11.9 Å². The molecule has 0 bridgehead atoms. The standard InChI is InChI=1S/C23H19N5O3S2/c1-14-6-5-7-15(10-14)12-27-13-16(17-8-3-4-9-19(17)27)11-18-20(24)28-22(25-21(18)29)32-26-23(28)33(2,30)31/h3-11,13,24H,12H2,1-2H3/b18-11-,24-20?. The number of aliphatic imine (C=N–C) groups is 1. The molecule has 5 rings (SSSR count). The molecule has 0 spiro atoms. The van der Waals surface area contributed by atoms with E-state index >= 15 is 0 Å². The summed E-state index contributed by atoms with van der Waals surface area (Å²) in [6, 6.07) is 16.1. The largest absolute Gasteiger partial charge is 0.342 e. The second-order valence-corrected chi connectivity index (χ2v) is 10.5. The summed E-state index contributed by atoms with van der Waals surface area (Å²) in [5, 5.41) is 9.27. The number of aromatic nitrogens is 1. The Morgan fingerprint density at radius 1 is 1.15 bits per heavy atom. The van der Waals surface area contributed by atoms with Crippen molar-refractivity contribution in [2.24, 2.45) is 9.39 Å². The predicted octanol–water partition coefficient (Wildman–Crippen LogP) is 3.62. The summed E-state index contributed by atoms with van der Waals surface area (Å²) in [6.45, 7) is 2.69. The summed E-state index contributed by atoms with van der Waals surface area (Å²) in [4.78, 5) is 17.8. The molecular weight excluding hydrogens is 458 g/mol. The molecule has 1 aromatic heterocycles. The summed E-state index contributed by atoms with van der Waals surface area (Å²) < 4.78 is 30.2. The molecule has 2 aliphatic heterocycles. The van der Waals surface area contributed by atoms with Crippen LogP contribution in [0.3, 0.4) is 0 Å². The summed E-state index contributed by atoms with van der Waals surface area (Å²) in [7, 11) is -3.70. The van der Waals surface area contributed by atoms with Crippen LogP contribution in [0.1, 0.15) is 16.7 Å². The summed E-state index contributed by atoms with van der Waals surface area (Å²) in [5.74, 6) is -0.853. The highest BCUT2D eigenvalue weighted by Crippen LogP contribution is 2.31. The molecule has 0 unspecified atom stereocenters.